The summed E-state index contributed by atoms with van der Waals surface area (Å²) in [5, 5.41) is 23.2. The predicted octanol–water partition coefficient (Wildman–Crippen LogP) is 18.4. The number of esters is 1. The van der Waals surface area contributed by atoms with Crippen molar-refractivity contribution in [2.45, 2.75) is 328 Å². The molecular weight excluding hydrogens is 827 g/mol. The first-order valence-electron chi connectivity index (χ1n) is 29.8. The molecule has 0 aliphatic heterocycles. The SMILES string of the molecule is CCCCCCCCCCCCCCCCCCC/C=C/C(O)C(CO)NC(=O)CCCCCCCCCCCC/C=C\C=C/CCCCCOC(=O)CCCCCCCCCCCCCC. The van der Waals surface area contributed by atoms with Crippen molar-refractivity contribution in [1.82, 2.24) is 5.32 Å². The van der Waals surface area contributed by atoms with E-state index >= 15 is 0 Å². The van der Waals surface area contributed by atoms with Crippen LogP contribution in [0.25, 0.3) is 0 Å². The fraction of sp³-hybridized carbons (Fsp3) is 0.869. The Morgan fingerprint density at radius 2 is 0.731 bits per heavy atom. The molecule has 2 unspecified atom stereocenters. The lowest BCUT2D eigenvalue weighted by Gasteiger charge is -2.20. The van der Waals surface area contributed by atoms with Crippen LogP contribution in [-0.2, 0) is 14.3 Å². The lowest BCUT2D eigenvalue weighted by atomic mass is 10.0. The fourth-order valence-electron chi connectivity index (χ4n) is 9.10. The molecule has 67 heavy (non-hydrogen) atoms. The first-order valence-corrected chi connectivity index (χ1v) is 29.8. The number of nitrogens with one attached hydrogen (secondary N) is 1. The maximum Gasteiger partial charge on any atom is 0.305 e. The van der Waals surface area contributed by atoms with Crippen LogP contribution < -0.4 is 5.32 Å². The summed E-state index contributed by atoms with van der Waals surface area (Å²) < 4.78 is 5.44. The highest BCUT2D eigenvalue weighted by Gasteiger charge is 2.18. The summed E-state index contributed by atoms with van der Waals surface area (Å²) in [5.74, 6) is -0.0894. The Kier molecular flexibility index (Phi) is 55.0. The molecule has 3 N–H and O–H groups in total. The number of carbonyl (C=O) groups is 2. The fourth-order valence-corrected chi connectivity index (χ4v) is 9.10. The molecule has 0 fully saturated rings. The minimum absolute atomic E-state index is 0.0134. The van der Waals surface area contributed by atoms with E-state index in [-0.39, 0.29) is 18.5 Å². The number of ether oxygens (including phenoxy) is 1. The van der Waals surface area contributed by atoms with Gasteiger partial charge < -0.3 is 20.3 Å². The minimum Gasteiger partial charge on any atom is -0.466 e. The number of carbonyl (C=O) groups excluding carboxylic acids is 2. The summed E-state index contributed by atoms with van der Waals surface area (Å²) in [6, 6.07) is -0.636. The summed E-state index contributed by atoms with van der Waals surface area (Å²) >= 11 is 0. The van der Waals surface area contributed by atoms with E-state index in [1.54, 1.807) is 6.08 Å². The zero-order valence-corrected chi connectivity index (χ0v) is 44.9. The quantitative estimate of drug-likeness (QED) is 0.0244. The molecule has 0 bridgehead atoms. The normalized spacial score (nSPS) is 12.8. The molecule has 0 rings (SSSR count). The second kappa shape index (κ2) is 56.7. The van der Waals surface area contributed by atoms with Gasteiger partial charge in [0.2, 0.25) is 5.91 Å². The minimum atomic E-state index is -0.852. The van der Waals surface area contributed by atoms with Gasteiger partial charge in [0.05, 0.1) is 25.4 Å². The number of amides is 1. The number of aliphatic hydroxyl groups is 2. The number of aliphatic hydroxyl groups excluding tert-OH is 2. The van der Waals surface area contributed by atoms with E-state index in [9.17, 15) is 19.8 Å². The van der Waals surface area contributed by atoms with Gasteiger partial charge in [0.15, 0.2) is 0 Å². The molecule has 0 aromatic heterocycles. The molecule has 6 heteroatoms. The zero-order valence-electron chi connectivity index (χ0n) is 44.9. The Morgan fingerprint density at radius 3 is 1.10 bits per heavy atom. The molecule has 0 aliphatic rings. The second-order valence-corrected chi connectivity index (χ2v) is 20.4. The second-order valence-electron chi connectivity index (χ2n) is 20.4. The van der Waals surface area contributed by atoms with Crippen molar-refractivity contribution in [3.63, 3.8) is 0 Å². The average Bonchev–Trinajstić information content (AvgIpc) is 3.33. The van der Waals surface area contributed by atoms with Crippen LogP contribution in [0, 0.1) is 0 Å². The Hall–Kier alpha value is -1.92. The number of hydrogen-bond donors (Lipinski definition) is 3. The average molecular weight is 943 g/mol. The van der Waals surface area contributed by atoms with Gasteiger partial charge >= 0.3 is 5.97 Å². The topological polar surface area (TPSA) is 95.9 Å². The maximum atomic E-state index is 12.5. The van der Waals surface area contributed by atoms with E-state index in [4.69, 9.17) is 4.74 Å². The van der Waals surface area contributed by atoms with Crippen molar-refractivity contribution >= 4 is 11.9 Å². The van der Waals surface area contributed by atoms with Crippen molar-refractivity contribution in [2.24, 2.45) is 0 Å². The molecule has 1 amide bonds. The molecule has 0 aromatic carbocycles. The van der Waals surface area contributed by atoms with Crippen LogP contribution in [0.4, 0.5) is 0 Å². The molecular formula is C61H115NO5. The van der Waals surface area contributed by atoms with Crippen LogP contribution in [0.3, 0.4) is 0 Å². The smallest absolute Gasteiger partial charge is 0.305 e. The third kappa shape index (κ3) is 53.3. The van der Waals surface area contributed by atoms with E-state index < -0.39 is 12.1 Å². The largest absolute Gasteiger partial charge is 0.466 e. The monoisotopic (exact) mass is 942 g/mol. The lowest BCUT2D eigenvalue weighted by molar-refractivity contribution is -0.143. The first-order chi connectivity index (χ1) is 33.0. The molecule has 0 aromatic rings. The van der Waals surface area contributed by atoms with E-state index in [0.29, 0.717) is 19.4 Å². The molecule has 394 valence electrons. The van der Waals surface area contributed by atoms with Crippen LogP contribution >= 0.6 is 0 Å². The number of rotatable bonds is 55. The molecule has 6 nitrogen and oxygen atoms in total. The molecule has 0 saturated carbocycles. The summed E-state index contributed by atoms with van der Waals surface area (Å²) in [4.78, 5) is 24.5. The first kappa shape index (κ1) is 65.1. The van der Waals surface area contributed by atoms with E-state index in [2.05, 4.69) is 43.5 Å². The van der Waals surface area contributed by atoms with E-state index in [1.165, 1.54) is 212 Å². The van der Waals surface area contributed by atoms with Gasteiger partial charge in [-0.2, -0.15) is 0 Å². The van der Waals surface area contributed by atoms with Crippen LogP contribution in [0.15, 0.2) is 36.5 Å². The highest BCUT2D eigenvalue weighted by molar-refractivity contribution is 5.76. The summed E-state index contributed by atoms with van der Waals surface area (Å²) in [7, 11) is 0. The van der Waals surface area contributed by atoms with Crippen LogP contribution in [0.1, 0.15) is 316 Å². The van der Waals surface area contributed by atoms with Gasteiger partial charge in [-0.15, -0.1) is 0 Å². The van der Waals surface area contributed by atoms with E-state index in [0.717, 1.165) is 77.0 Å². The summed E-state index contributed by atoms with van der Waals surface area (Å²) in [6.45, 7) is 4.87. The lowest BCUT2D eigenvalue weighted by Crippen LogP contribution is -2.45. The standard InChI is InChI=1S/C61H115NO5/c1-3-5-7-9-11-13-15-17-18-19-21-24-27-30-33-37-41-45-49-53-59(64)58(57-63)62-60(65)54-50-46-42-38-34-31-28-25-22-20-23-26-29-32-36-40-44-48-52-56-67-61(66)55-51-47-43-39-35-16-14-12-10-8-6-4-2/h26,29,32,36,49,53,58-59,63-64H,3-25,27-28,30-31,33-35,37-48,50-52,54-57H2,1-2H3,(H,62,65)/b29-26-,36-32-,53-49+. The molecule has 0 saturated heterocycles. The molecule has 0 heterocycles. The van der Waals surface area contributed by atoms with Crippen molar-refractivity contribution in [3.8, 4) is 0 Å². The molecule has 2 atom stereocenters. The number of allylic oxidation sites excluding steroid dienone is 5. The van der Waals surface area contributed by atoms with Gasteiger partial charge in [-0.25, -0.2) is 0 Å². The van der Waals surface area contributed by atoms with Gasteiger partial charge in [-0.3, -0.25) is 9.59 Å². The maximum absolute atomic E-state index is 12.5. The third-order valence-electron chi connectivity index (χ3n) is 13.7. The van der Waals surface area contributed by atoms with Crippen LogP contribution in [0.5, 0.6) is 0 Å². The predicted molar refractivity (Wildman–Crippen MR) is 292 cm³/mol. The Bertz CT molecular complexity index is 1090. The van der Waals surface area contributed by atoms with Gasteiger partial charge in [-0.05, 0) is 64.2 Å². The molecule has 0 radical (unpaired) electrons. The van der Waals surface area contributed by atoms with Crippen molar-refractivity contribution in [1.29, 1.82) is 0 Å². The Balaban J connectivity index is 3.51. The van der Waals surface area contributed by atoms with Crippen molar-refractivity contribution in [2.75, 3.05) is 13.2 Å². The Morgan fingerprint density at radius 1 is 0.418 bits per heavy atom. The summed E-state index contributed by atoms with van der Waals surface area (Å²) in [5.41, 5.74) is 0. The highest BCUT2D eigenvalue weighted by atomic mass is 16.5. The van der Waals surface area contributed by atoms with Gasteiger partial charge in [0, 0.05) is 12.8 Å². The van der Waals surface area contributed by atoms with E-state index in [1.807, 2.05) is 6.08 Å². The highest BCUT2D eigenvalue weighted by Crippen LogP contribution is 2.17. The molecule has 0 aliphatic carbocycles. The van der Waals surface area contributed by atoms with Gasteiger partial charge in [0.25, 0.3) is 0 Å². The zero-order chi connectivity index (χ0) is 48.6. The van der Waals surface area contributed by atoms with Gasteiger partial charge in [0.1, 0.15) is 0 Å². The molecule has 0 spiro atoms. The van der Waals surface area contributed by atoms with Gasteiger partial charge in [-0.1, -0.05) is 275 Å². The van der Waals surface area contributed by atoms with Crippen LogP contribution in [-0.4, -0.2) is 47.4 Å². The van der Waals surface area contributed by atoms with Crippen LogP contribution in [0.2, 0.25) is 0 Å². The van der Waals surface area contributed by atoms with Crippen molar-refractivity contribution in [3.05, 3.63) is 36.5 Å². The summed E-state index contributed by atoms with van der Waals surface area (Å²) in [6.07, 6.45) is 70.3. The third-order valence-corrected chi connectivity index (χ3v) is 13.7. The number of hydrogen-bond acceptors (Lipinski definition) is 5. The van der Waals surface area contributed by atoms with Crippen molar-refractivity contribution < 1.29 is 24.5 Å². The number of unbranched alkanes of at least 4 members (excludes halogenated alkanes) is 41. The Labute approximate surface area is 417 Å².